The topological polar surface area (TPSA) is 9.23 Å². The van der Waals surface area contributed by atoms with Crippen molar-refractivity contribution >= 4 is 11.6 Å². The van der Waals surface area contributed by atoms with Gasteiger partial charge < -0.3 is 4.74 Å². The smallest absolute Gasteiger partial charge is 0.121 e. The molecule has 4 atom stereocenters. The Morgan fingerprint density at radius 1 is 1.28 bits per heavy atom. The Morgan fingerprint density at radius 3 is 2.67 bits per heavy atom. The van der Waals surface area contributed by atoms with Crippen LogP contribution in [0.2, 0.25) is 0 Å². The highest BCUT2D eigenvalue weighted by Gasteiger charge is 2.42. The van der Waals surface area contributed by atoms with Crippen molar-refractivity contribution in [1.29, 1.82) is 0 Å². The molecular weight excluding hydrogens is 244 g/mol. The van der Waals surface area contributed by atoms with E-state index in [9.17, 15) is 0 Å². The first-order valence-electron chi connectivity index (χ1n) is 6.97. The number of benzene rings is 1. The number of alkyl halides is 1. The van der Waals surface area contributed by atoms with E-state index in [1.807, 2.05) is 6.07 Å². The Balaban J connectivity index is 1.80. The van der Waals surface area contributed by atoms with Gasteiger partial charge in [0.15, 0.2) is 0 Å². The lowest BCUT2D eigenvalue weighted by molar-refractivity contribution is 0.323. The number of fused-ring (bicyclic) bond motifs is 2. The lowest BCUT2D eigenvalue weighted by atomic mass is 9.83. The zero-order chi connectivity index (χ0) is 12.7. The molecule has 0 N–H and O–H groups in total. The molecule has 3 rings (SSSR count). The van der Waals surface area contributed by atoms with Crippen molar-refractivity contribution in [3.8, 4) is 5.75 Å². The van der Waals surface area contributed by atoms with Gasteiger partial charge >= 0.3 is 0 Å². The van der Waals surface area contributed by atoms with Crippen molar-refractivity contribution in [3.63, 3.8) is 0 Å². The van der Waals surface area contributed by atoms with Crippen molar-refractivity contribution in [2.24, 2.45) is 17.8 Å². The molecule has 2 fully saturated rings. The van der Waals surface area contributed by atoms with Crippen LogP contribution in [0, 0.1) is 24.7 Å². The van der Waals surface area contributed by atoms with Gasteiger partial charge in [-0.2, -0.15) is 0 Å². The Morgan fingerprint density at radius 2 is 2.11 bits per heavy atom. The second-order valence-electron chi connectivity index (χ2n) is 5.97. The van der Waals surface area contributed by atoms with E-state index in [1.165, 1.54) is 36.8 Å². The maximum Gasteiger partial charge on any atom is 0.121 e. The van der Waals surface area contributed by atoms with Crippen LogP contribution in [0.15, 0.2) is 18.2 Å². The second kappa shape index (κ2) is 4.77. The molecule has 0 heterocycles. The van der Waals surface area contributed by atoms with Crippen LogP contribution < -0.4 is 4.74 Å². The van der Waals surface area contributed by atoms with Crippen molar-refractivity contribution in [2.45, 2.75) is 38.0 Å². The van der Waals surface area contributed by atoms with Crippen molar-refractivity contribution in [1.82, 2.24) is 0 Å². The van der Waals surface area contributed by atoms with Gasteiger partial charge in [-0.15, -0.1) is 11.6 Å². The summed E-state index contributed by atoms with van der Waals surface area (Å²) in [6.07, 6.45) is 5.59. The molecule has 2 heteroatoms. The van der Waals surface area contributed by atoms with E-state index in [2.05, 4.69) is 19.1 Å². The van der Waals surface area contributed by atoms with E-state index < -0.39 is 0 Å². The molecule has 0 saturated heterocycles. The predicted molar refractivity (Wildman–Crippen MR) is 75.3 cm³/mol. The fourth-order valence-corrected chi connectivity index (χ4v) is 4.42. The van der Waals surface area contributed by atoms with E-state index in [0.29, 0.717) is 5.92 Å². The van der Waals surface area contributed by atoms with Gasteiger partial charge in [0.2, 0.25) is 0 Å². The molecule has 0 aromatic heterocycles. The molecule has 0 radical (unpaired) electrons. The summed E-state index contributed by atoms with van der Waals surface area (Å²) < 4.78 is 5.31. The predicted octanol–water partition coefficient (Wildman–Crippen LogP) is 4.72. The zero-order valence-electron chi connectivity index (χ0n) is 11.2. The Hall–Kier alpha value is -0.690. The normalized spacial score (nSPS) is 31.6. The molecular formula is C16H21ClO. The lowest BCUT2D eigenvalue weighted by Gasteiger charge is -2.27. The van der Waals surface area contributed by atoms with E-state index in [0.717, 1.165) is 17.6 Å². The number of rotatable bonds is 3. The second-order valence-corrected chi connectivity index (χ2v) is 6.44. The Labute approximate surface area is 114 Å². The summed E-state index contributed by atoms with van der Waals surface area (Å²) in [6.45, 7) is 2.09. The molecule has 0 aliphatic heterocycles. The van der Waals surface area contributed by atoms with Crippen molar-refractivity contribution in [2.75, 3.05) is 7.11 Å². The number of hydrogen-bond donors (Lipinski definition) is 0. The third kappa shape index (κ3) is 2.03. The van der Waals surface area contributed by atoms with Gasteiger partial charge in [0.1, 0.15) is 5.75 Å². The largest absolute Gasteiger partial charge is 0.496 e. The molecule has 18 heavy (non-hydrogen) atoms. The molecule has 4 unspecified atom stereocenters. The number of halogens is 1. The molecule has 1 aromatic carbocycles. The summed E-state index contributed by atoms with van der Waals surface area (Å²) >= 11 is 6.73. The van der Waals surface area contributed by atoms with Gasteiger partial charge in [0, 0.05) is 0 Å². The fraction of sp³-hybridized carbons (Fsp3) is 0.625. The molecule has 0 spiro atoms. The van der Waals surface area contributed by atoms with Gasteiger partial charge in [-0.25, -0.2) is 0 Å². The summed E-state index contributed by atoms with van der Waals surface area (Å²) in [5.74, 6) is 3.48. The first-order valence-corrected chi connectivity index (χ1v) is 7.41. The van der Waals surface area contributed by atoms with Crippen molar-refractivity contribution < 1.29 is 4.74 Å². The summed E-state index contributed by atoms with van der Waals surface area (Å²) in [4.78, 5) is 0. The summed E-state index contributed by atoms with van der Waals surface area (Å²) in [5.41, 5.74) is 2.45. The van der Waals surface area contributed by atoms with Crippen LogP contribution in [-0.2, 0) is 0 Å². The van der Waals surface area contributed by atoms with Gasteiger partial charge in [-0.05, 0) is 61.1 Å². The van der Waals surface area contributed by atoms with E-state index in [4.69, 9.17) is 16.3 Å². The van der Waals surface area contributed by atoms with E-state index >= 15 is 0 Å². The maximum absolute atomic E-state index is 6.73. The molecule has 0 amide bonds. The first kappa shape index (κ1) is 12.3. The lowest BCUT2D eigenvalue weighted by Crippen LogP contribution is -2.15. The highest BCUT2D eigenvalue weighted by molar-refractivity contribution is 6.21. The van der Waals surface area contributed by atoms with Crippen LogP contribution in [0.4, 0.5) is 0 Å². The van der Waals surface area contributed by atoms with E-state index in [-0.39, 0.29) is 5.38 Å². The minimum atomic E-state index is 0.185. The minimum absolute atomic E-state index is 0.185. The third-order valence-electron chi connectivity index (χ3n) is 4.91. The number of ether oxygens (including phenoxy) is 1. The average molecular weight is 265 g/mol. The highest BCUT2D eigenvalue weighted by atomic mass is 35.5. The van der Waals surface area contributed by atoms with Gasteiger partial charge in [-0.3, -0.25) is 0 Å². The molecule has 2 aliphatic carbocycles. The molecule has 1 nitrogen and oxygen atoms in total. The van der Waals surface area contributed by atoms with Crippen LogP contribution in [0.5, 0.6) is 5.75 Å². The number of hydrogen-bond acceptors (Lipinski definition) is 1. The van der Waals surface area contributed by atoms with Crippen LogP contribution in [0.25, 0.3) is 0 Å². The number of methoxy groups -OCH3 is 1. The Kier molecular flexibility index (Phi) is 3.27. The van der Waals surface area contributed by atoms with Gasteiger partial charge in [-0.1, -0.05) is 18.6 Å². The third-order valence-corrected chi connectivity index (χ3v) is 5.48. The molecule has 98 valence electrons. The maximum atomic E-state index is 6.73. The Bertz CT molecular complexity index is 443. The summed E-state index contributed by atoms with van der Waals surface area (Å²) in [6, 6.07) is 6.38. The van der Waals surface area contributed by atoms with Gasteiger partial charge in [0.25, 0.3) is 0 Å². The standard InChI is InChI=1S/C16H21ClO/c1-10-7-13(5-6-15(10)18-2)16(17)14-9-11-3-4-12(14)8-11/h5-7,11-12,14,16H,3-4,8-9H2,1-2H3. The van der Waals surface area contributed by atoms with Crippen LogP contribution in [0.1, 0.15) is 42.2 Å². The van der Waals surface area contributed by atoms with Gasteiger partial charge in [0.05, 0.1) is 12.5 Å². The molecule has 2 bridgehead atoms. The van der Waals surface area contributed by atoms with Crippen LogP contribution in [0.3, 0.4) is 0 Å². The zero-order valence-corrected chi connectivity index (χ0v) is 11.9. The molecule has 2 aliphatic rings. The average Bonchev–Trinajstić information content (AvgIpc) is 3.00. The number of aryl methyl sites for hydroxylation is 1. The van der Waals surface area contributed by atoms with E-state index in [1.54, 1.807) is 7.11 Å². The minimum Gasteiger partial charge on any atom is -0.496 e. The monoisotopic (exact) mass is 264 g/mol. The first-order chi connectivity index (χ1) is 8.69. The van der Waals surface area contributed by atoms with Crippen LogP contribution in [-0.4, -0.2) is 7.11 Å². The molecule has 1 aromatic rings. The van der Waals surface area contributed by atoms with Crippen LogP contribution >= 0.6 is 11.6 Å². The highest BCUT2D eigenvalue weighted by Crippen LogP contribution is 2.54. The quantitative estimate of drug-likeness (QED) is 0.718. The summed E-state index contributed by atoms with van der Waals surface area (Å²) in [5, 5.41) is 0.185. The molecule has 2 saturated carbocycles. The SMILES string of the molecule is COc1ccc(C(Cl)C2CC3CCC2C3)cc1C. The summed E-state index contributed by atoms with van der Waals surface area (Å²) in [7, 11) is 1.72. The fourth-order valence-electron chi connectivity index (χ4n) is 3.97. The van der Waals surface area contributed by atoms with Crippen molar-refractivity contribution in [3.05, 3.63) is 29.3 Å².